The van der Waals surface area contributed by atoms with Gasteiger partial charge in [0.15, 0.2) is 6.61 Å². The molecular weight excluding hydrogens is 272 g/mol. The third-order valence-electron chi connectivity index (χ3n) is 3.10. The first kappa shape index (κ1) is 15.3. The smallest absolute Gasteiger partial charge is 0.265 e. The third kappa shape index (κ3) is 4.19. The number of hydrogen-bond donors (Lipinski definition) is 1. The summed E-state index contributed by atoms with van der Waals surface area (Å²) >= 11 is 0. The number of amides is 2. The van der Waals surface area contributed by atoms with Crippen LogP contribution in [0.2, 0.25) is 0 Å². The van der Waals surface area contributed by atoms with Gasteiger partial charge in [-0.3, -0.25) is 14.5 Å². The van der Waals surface area contributed by atoms with Crippen LogP contribution in [0.3, 0.4) is 0 Å². The van der Waals surface area contributed by atoms with Crippen molar-refractivity contribution in [3.05, 3.63) is 24.3 Å². The minimum atomic E-state index is -0.210. The molecule has 21 heavy (non-hydrogen) atoms. The Balaban J connectivity index is 1.87. The number of fused-ring (bicyclic) bond motifs is 1. The number of rotatable bonds is 7. The van der Waals surface area contributed by atoms with E-state index in [9.17, 15) is 9.59 Å². The molecule has 1 aliphatic heterocycles. The first-order valence-electron chi connectivity index (χ1n) is 7.09. The van der Waals surface area contributed by atoms with E-state index >= 15 is 0 Å². The molecule has 1 aliphatic rings. The Labute approximate surface area is 124 Å². The molecule has 0 saturated heterocycles. The number of hydrogen-bond acceptors (Lipinski definition) is 4. The van der Waals surface area contributed by atoms with E-state index in [0.717, 1.165) is 6.42 Å². The molecule has 2 rings (SSSR count). The summed E-state index contributed by atoms with van der Waals surface area (Å²) < 4.78 is 10.5. The van der Waals surface area contributed by atoms with Gasteiger partial charge < -0.3 is 14.8 Å². The highest BCUT2D eigenvalue weighted by molar-refractivity contribution is 6.02. The molecule has 114 valence electrons. The van der Waals surface area contributed by atoms with E-state index in [-0.39, 0.29) is 25.0 Å². The summed E-state index contributed by atoms with van der Waals surface area (Å²) in [6.07, 6.45) is 0.757. The number of ether oxygens (including phenoxy) is 2. The van der Waals surface area contributed by atoms with Crippen LogP contribution in [0, 0.1) is 0 Å². The molecule has 6 heteroatoms. The fourth-order valence-electron chi connectivity index (χ4n) is 2.07. The lowest BCUT2D eigenvalue weighted by Gasteiger charge is -2.28. The predicted molar refractivity (Wildman–Crippen MR) is 78.4 cm³/mol. The number of para-hydroxylation sites is 2. The lowest BCUT2D eigenvalue weighted by molar-refractivity contribution is -0.125. The molecule has 2 amide bonds. The Morgan fingerprint density at radius 1 is 1.43 bits per heavy atom. The van der Waals surface area contributed by atoms with Crippen LogP contribution in [0.15, 0.2) is 24.3 Å². The average molecular weight is 292 g/mol. The van der Waals surface area contributed by atoms with E-state index in [1.807, 2.05) is 19.1 Å². The summed E-state index contributed by atoms with van der Waals surface area (Å²) in [6.45, 7) is 3.74. The summed E-state index contributed by atoms with van der Waals surface area (Å²) in [5.41, 5.74) is 0.637. The number of carbonyl (C=O) groups is 2. The van der Waals surface area contributed by atoms with E-state index in [4.69, 9.17) is 9.47 Å². The molecule has 1 N–H and O–H groups in total. The highest BCUT2D eigenvalue weighted by Gasteiger charge is 2.26. The number of nitrogens with zero attached hydrogens (tertiary/aromatic N) is 1. The fourth-order valence-corrected chi connectivity index (χ4v) is 2.07. The summed E-state index contributed by atoms with van der Waals surface area (Å²) in [4.78, 5) is 25.3. The second kappa shape index (κ2) is 7.64. The molecule has 0 atom stereocenters. The van der Waals surface area contributed by atoms with Crippen LogP contribution in [-0.4, -0.2) is 44.7 Å². The van der Waals surface area contributed by atoms with E-state index < -0.39 is 0 Å². The number of nitrogens with one attached hydrogen (secondary N) is 1. The van der Waals surface area contributed by atoms with E-state index in [1.165, 1.54) is 4.90 Å². The van der Waals surface area contributed by atoms with Gasteiger partial charge in [-0.25, -0.2) is 0 Å². The van der Waals surface area contributed by atoms with Crippen molar-refractivity contribution in [1.82, 2.24) is 5.32 Å². The number of benzene rings is 1. The second-order valence-corrected chi connectivity index (χ2v) is 4.64. The lowest BCUT2D eigenvalue weighted by atomic mass is 10.2. The van der Waals surface area contributed by atoms with Gasteiger partial charge in [0.1, 0.15) is 12.3 Å². The van der Waals surface area contributed by atoms with Gasteiger partial charge in [-0.15, -0.1) is 0 Å². The minimum Gasteiger partial charge on any atom is -0.482 e. The van der Waals surface area contributed by atoms with Crippen LogP contribution in [0.25, 0.3) is 0 Å². The summed E-state index contributed by atoms with van der Waals surface area (Å²) in [6, 6.07) is 7.21. The van der Waals surface area contributed by atoms with E-state index in [1.54, 1.807) is 12.1 Å². The Bertz CT molecular complexity index is 504. The monoisotopic (exact) mass is 292 g/mol. The van der Waals surface area contributed by atoms with Crippen LogP contribution in [0.1, 0.15) is 13.3 Å². The molecule has 0 unspecified atom stereocenters. The maximum absolute atomic E-state index is 11.9. The molecule has 1 heterocycles. The number of carbonyl (C=O) groups excluding carboxylic acids is 2. The zero-order valence-electron chi connectivity index (χ0n) is 12.1. The first-order valence-corrected chi connectivity index (χ1v) is 7.09. The maximum atomic E-state index is 11.9. The molecule has 0 spiro atoms. The van der Waals surface area contributed by atoms with Crippen LogP contribution < -0.4 is 15.0 Å². The molecule has 1 aromatic carbocycles. The summed E-state index contributed by atoms with van der Waals surface area (Å²) in [7, 11) is 0. The number of anilines is 1. The SMILES string of the molecule is CCOCCCNC(=O)CN1C(=O)COc2ccccc21. The molecule has 0 bridgehead atoms. The standard InChI is InChI=1S/C15H20N2O4/c1-2-20-9-5-8-16-14(18)10-17-12-6-3-4-7-13(12)21-11-15(17)19/h3-4,6-7H,2,5,8-11H2,1H3,(H,16,18). The van der Waals surface area contributed by atoms with Gasteiger partial charge in [-0.05, 0) is 25.5 Å². The van der Waals surface area contributed by atoms with Crippen molar-refractivity contribution in [1.29, 1.82) is 0 Å². The van der Waals surface area contributed by atoms with E-state index in [0.29, 0.717) is 31.2 Å². The van der Waals surface area contributed by atoms with Crippen molar-refractivity contribution in [2.75, 3.05) is 37.8 Å². The van der Waals surface area contributed by atoms with E-state index in [2.05, 4.69) is 5.32 Å². The molecule has 1 aromatic rings. The second-order valence-electron chi connectivity index (χ2n) is 4.64. The molecular formula is C15H20N2O4. The van der Waals surface area contributed by atoms with Gasteiger partial charge in [0, 0.05) is 19.8 Å². The Morgan fingerprint density at radius 2 is 2.24 bits per heavy atom. The molecule has 0 saturated carbocycles. The Morgan fingerprint density at radius 3 is 3.05 bits per heavy atom. The van der Waals surface area contributed by atoms with Crippen molar-refractivity contribution in [2.45, 2.75) is 13.3 Å². The van der Waals surface area contributed by atoms with Gasteiger partial charge in [0.05, 0.1) is 5.69 Å². The topological polar surface area (TPSA) is 67.9 Å². The summed E-state index contributed by atoms with van der Waals surface area (Å²) in [5, 5.41) is 2.79. The van der Waals surface area contributed by atoms with Crippen molar-refractivity contribution in [3.8, 4) is 5.75 Å². The largest absolute Gasteiger partial charge is 0.482 e. The van der Waals surface area contributed by atoms with Crippen molar-refractivity contribution in [3.63, 3.8) is 0 Å². The zero-order chi connectivity index (χ0) is 15.1. The van der Waals surface area contributed by atoms with Crippen molar-refractivity contribution < 1.29 is 19.1 Å². The predicted octanol–water partition coefficient (Wildman–Crippen LogP) is 0.955. The van der Waals surface area contributed by atoms with Crippen LogP contribution in [0.4, 0.5) is 5.69 Å². The summed E-state index contributed by atoms with van der Waals surface area (Å²) in [5.74, 6) is 0.232. The van der Waals surface area contributed by atoms with Crippen molar-refractivity contribution in [2.24, 2.45) is 0 Å². The average Bonchev–Trinajstić information content (AvgIpc) is 2.50. The molecule has 0 aliphatic carbocycles. The minimum absolute atomic E-state index is 0.00778. The molecule has 0 aromatic heterocycles. The quantitative estimate of drug-likeness (QED) is 0.760. The third-order valence-corrected chi connectivity index (χ3v) is 3.10. The van der Waals surface area contributed by atoms with Crippen LogP contribution in [-0.2, 0) is 14.3 Å². The van der Waals surface area contributed by atoms with Gasteiger partial charge >= 0.3 is 0 Å². The van der Waals surface area contributed by atoms with Crippen molar-refractivity contribution >= 4 is 17.5 Å². The molecule has 6 nitrogen and oxygen atoms in total. The van der Waals surface area contributed by atoms with Crippen LogP contribution >= 0.6 is 0 Å². The Kier molecular flexibility index (Phi) is 5.57. The fraction of sp³-hybridized carbons (Fsp3) is 0.467. The first-order chi connectivity index (χ1) is 10.2. The molecule has 0 fully saturated rings. The molecule has 0 radical (unpaired) electrons. The van der Waals surface area contributed by atoms with Gasteiger partial charge in [0.2, 0.25) is 5.91 Å². The lowest BCUT2D eigenvalue weighted by Crippen LogP contribution is -2.45. The van der Waals surface area contributed by atoms with Gasteiger partial charge in [-0.2, -0.15) is 0 Å². The Hall–Kier alpha value is -2.08. The normalized spacial score (nSPS) is 13.6. The van der Waals surface area contributed by atoms with Crippen LogP contribution in [0.5, 0.6) is 5.75 Å². The van der Waals surface area contributed by atoms with Gasteiger partial charge in [0.25, 0.3) is 5.91 Å². The zero-order valence-corrected chi connectivity index (χ0v) is 12.1. The van der Waals surface area contributed by atoms with Gasteiger partial charge in [-0.1, -0.05) is 12.1 Å². The highest BCUT2D eigenvalue weighted by Crippen LogP contribution is 2.30. The highest BCUT2D eigenvalue weighted by atomic mass is 16.5. The maximum Gasteiger partial charge on any atom is 0.265 e.